The third-order valence-corrected chi connectivity index (χ3v) is 4.50. The Kier molecular flexibility index (Phi) is 4.65. The highest BCUT2D eigenvalue weighted by molar-refractivity contribution is 5.14. The van der Waals surface area contributed by atoms with Crippen molar-refractivity contribution in [2.45, 2.75) is 25.2 Å². The van der Waals surface area contributed by atoms with Gasteiger partial charge in [0.1, 0.15) is 6.17 Å². The first-order chi connectivity index (χ1) is 9.83. The van der Waals surface area contributed by atoms with Crippen molar-refractivity contribution in [2.24, 2.45) is 0 Å². The van der Waals surface area contributed by atoms with E-state index in [1.165, 1.54) is 5.56 Å². The molecule has 2 saturated heterocycles. The standard InChI is InChI=1S/C16H24FN3/c17-15-12-18-7-6-16(15)20-10-8-19(9-11-20)13-14-4-2-1-3-5-14/h1-5,15-16,18H,6-13H2/t15-,16+/m0/s1. The fourth-order valence-electron chi connectivity index (χ4n) is 3.31. The SMILES string of the molecule is F[C@H]1CNCC[C@H]1N1CCN(Cc2ccccc2)CC1. The lowest BCUT2D eigenvalue weighted by atomic mass is 10.0. The van der Waals surface area contributed by atoms with Gasteiger partial charge in [0.15, 0.2) is 0 Å². The second kappa shape index (κ2) is 6.66. The van der Waals surface area contributed by atoms with E-state index in [1.54, 1.807) is 0 Å². The molecule has 0 radical (unpaired) electrons. The maximum Gasteiger partial charge on any atom is 0.128 e. The molecule has 1 aromatic rings. The molecule has 2 heterocycles. The zero-order valence-corrected chi connectivity index (χ0v) is 12.0. The zero-order chi connectivity index (χ0) is 13.8. The summed E-state index contributed by atoms with van der Waals surface area (Å²) in [5.41, 5.74) is 1.37. The van der Waals surface area contributed by atoms with E-state index in [2.05, 4.69) is 45.4 Å². The Morgan fingerprint density at radius 1 is 1.10 bits per heavy atom. The number of nitrogens with one attached hydrogen (secondary N) is 1. The Labute approximate surface area is 120 Å². The monoisotopic (exact) mass is 277 g/mol. The third-order valence-electron chi connectivity index (χ3n) is 4.50. The summed E-state index contributed by atoms with van der Waals surface area (Å²) < 4.78 is 14.0. The number of alkyl halides is 1. The number of piperidine rings is 1. The summed E-state index contributed by atoms with van der Waals surface area (Å²) in [6.45, 7) is 6.58. The molecule has 0 unspecified atom stereocenters. The Morgan fingerprint density at radius 2 is 1.85 bits per heavy atom. The molecule has 3 nitrogen and oxygen atoms in total. The number of benzene rings is 1. The first-order valence-electron chi connectivity index (χ1n) is 7.68. The van der Waals surface area contributed by atoms with Crippen molar-refractivity contribution in [2.75, 3.05) is 39.3 Å². The number of rotatable bonds is 3. The summed E-state index contributed by atoms with van der Waals surface area (Å²) in [6.07, 6.45) is 0.240. The Bertz CT molecular complexity index is 403. The van der Waals surface area contributed by atoms with Crippen LogP contribution in [0.25, 0.3) is 0 Å². The average Bonchev–Trinajstić information content (AvgIpc) is 2.50. The molecule has 2 fully saturated rings. The molecule has 4 heteroatoms. The van der Waals surface area contributed by atoms with Crippen molar-refractivity contribution in [1.29, 1.82) is 0 Å². The van der Waals surface area contributed by atoms with E-state index in [1.807, 2.05) is 0 Å². The van der Waals surface area contributed by atoms with Gasteiger partial charge in [-0.15, -0.1) is 0 Å². The molecule has 0 aliphatic carbocycles. The second-order valence-electron chi connectivity index (χ2n) is 5.87. The van der Waals surface area contributed by atoms with Gasteiger partial charge in [0.05, 0.1) is 0 Å². The van der Waals surface area contributed by atoms with Crippen LogP contribution in [0.3, 0.4) is 0 Å². The van der Waals surface area contributed by atoms with Gasteiger partial charge in [0.25, 0.3) is 0 Å². The molecule has 3 rings (SSSR count). The summed E-state index contributed by atoms with van der Waals surface area (Å²) in [7, 11) is 0. The van der Waals surface area contributed by atoms with Crippen LogP contribution in [0.4, 0.5) is 4.39 Å². The van der Waals surface area contributed by atoms with Crippen molar-refractivity contribution < 1.29 is 4.39 Å². The van der Waals surface area contributed by atoms with Crippen LogP contribution < -0.4 is 5.32 Å². The minimum absolute atomic E-state index is 0.134. The van der Waals surface area contributed by atoms with E-state index in [-0.39, 0.29) is 6.04 Å². The van der Waals surface area contributed by atoms with Crippen molar-refractivity contribution in [3.63, 3.8) is 0 Å². The van der Waals surface area contributed by atoms with Crippen LogP contribution in [0, 0.1) is 0 Å². The molecular weight excluding hydrogens is 253 g/mol. The van der Waals surface area contributed by atoms with Crippen LogP contribution in [0.5, 0.6) is 0 Å². The van der Waals surface area contributed by atoms with Crippen molar-refractivity contribution in [3.8, 4) is 0 Å². The highest BCUT2D eigenvalue weighted by Gasteiger charge is 2.31. The zero-order valence-electron chi connectivity index (χ0n) is 12.0. The fraction of sp³-hybridized carbons (Fsp3) is 0.625. The minimum Gasteiger partial charge on any atom is -0.314 e. The van der Waals surface area contributed by atoms with Gasteiger partial charge in [-0.1, -0.05) is 30.3 Å². The number of piperazine rings is 1. The molecule has 1 aromatic carbocycles. The lowest BCUT2D eigenvalue weighted by Crippen LogP contribution is -2.56. The highest BCUT2D eigenvalue weighted by atomic mass is 19.1. The van der Waals surface area contributed by atoms with Crippen LogP contribution in [0.1, 0.15) is 12.0 Å². The highest BCUT2D eigenvalue weighted by Crippen LogP contribution is 2.18. The van der Waals surface area contributed by atoms with Gasteiger partial charge < -0.3 is 5.32 Å². The van der Waals surface area contributed by atoms with Crippen LogP contribution in [-0.4, -0.2) is 61.3 Å². The van der Waals surface area contributed by atoms with Gasteiger partial charge in [-0.25, -0.2) is 4.39 Å². The van der Waals surface area contributed by atoms with Crippen LogP contribution >= 0.6 is 0 Å². The quantitative estimate of drug-likeness (QED) is 0.903. The number of hydrogen-bond acceptors (Lipinski definition) is 3. The largest absolute Gasteiger partial charge is 0.314 e. The normalized spacial score (nSPS) is 29.4. The number of nitrogens with zero attached hydrogens (tertiary/aromatic N) is 2. The lowest BCUT2D eigenvalue weighted by Gasteiger charge is -2.42. The molecule has 2 atom stereocenters. The van der Waals surface area contributed by atoms with Gasteiger partial charge in [0, 0.05) is 45.3 Å². The lowest BCUT2D eigenvalue weighted by molar-refractivity contribution is 0.0382. The van der Waals surface area contributed by atoms with Crippen LogP contribution in [-0.2, 0) is 6.54 Å². The first kappa shape index (κ1) is 14.0. The van der Waals surface area contributed by atoms with Crippen molar-refractivity contribution in [1.82, 2.24) is 15.1 Å². The second-order valence-corrected chi connectivity index (χ2v) is 5.87. The molecule has 1 N–H and O–H groups in total. The molecule has 0 aromatic heterocycles. The van der Waals surface area contributed by atoms with Crippen LogP contribution in [0.15, 0.2) is 30.3 Å². The number of hydrogen-bond donors (Lipinski definition) is 1. The van der Waals surface area contributed by atoms with Gasteiger partial charge in [-0.2, -0.15) is 0 Å². The maximum absolute atomic E-state index is 14.0. The topological polar surface area (TPSA) is 18.5 Å². The summed E-state index contributed by atoms with van der Waals surface area (Å²) in [6, 6.07) is 10.7. The maximum atomic E-state index is 14.0. The van der Waals surface area contributed by atoms with Crippen molar-refractivity contribution >= 4 is 0 Å². The molecule has 0 amide bonds. The van der Waals surface area contributed by atoms with Gasteiger partial charge in [-0.3, -0.25) is 9.80 Å². The molecular formula is C16H24FN3. The van der Waals surface area contributed by atoms with Crippen molar-refractivity contribution in [3.05, 3.63) is 35.9 Å². The summed E-state index contributed by atoms with van der Waals surface area (Å²) >= 11 is 0. The Morgan fingerprint density at radius 3 is 2.55 bits per heavy atom. The number of halogens is 1. The predicted molar refractivity (Wildman–Crippen MR) is 79.5 cm³/mol. The van der Waals surface area contributed by atoms with E-state index in [0.29, 0.717) is 6.54 Å². The molecule has 110 valence electrons. The predicted octanol–water partition coefficient (Wildman–Crippen LogP) is 1.50. The third kappa shape index (κ3) is 3.37. The summed E-state index contributed by atoms with van der Waals surface area (Å²) in [5.74, 6) is 0. The van der Waals surface area contributed by atoms with E-state index in [9.17, 15) is 4.39 Å². The van der Waals surface area contributed by atoms with E-state index < -0.39 is 6.17 Å². The molecule has 0 spiro atoms. The molecule has 20 heavy (non-hydrogen) atoms. The van der Waals surface area contributed by atoms with Gasteiger partial charge in [0.2, 0.25) is 0 Å². The fourth-order valence-corrected chi connectivity index (χ4v) is 3.31. The first-order valence-corrected chi connectivity index (χ1v) is 7.68. The van der Waals surface area contributed by atoms with Crippen LogP contribution in [0.2, 0.25) is 0 Å². The Balaban J connectivity index is 1.49. The molecule has 0 saturated carbocycles. The molecule has 0 bridgehead atoms. The summed E-state index contributed by atoms with van der Waals surface area (Å²) in [4.78, 5) is 4.83. The smallest absolute Gasteiger partial charge is 0.128 e. The molecule has 2 aliphatic rings. The van der Waals surface area contributed by atoms with E-state index in [0.717, 1.165) is 45.7 Å². The summed E-state index contributed by atoms with van der Waals surface area (Å²) in [5, 5.41) is 3.13. The minimum atomic E-state index is -0.704. The van der Waals surface area contributed by atoms with Gasteiger partial charge >= 0.3 is 0 Å². The molecule has 2 aliphatic heterocycles. The van der Waals surface area contributed by atoms with E-state index in [4.69, 9.17) is 0 Å². The van der Waals surface area contributed by atoms with Gasteiger partial charge in [-0.05, 0) is 18.5 Å². The Hall–Kier alpha value is -0.970. The van der Waals surface area contributed by atoms with E-state index >= 15 is 0 Å². The average molecular weight is 277 g/mol.